The van der Waals surface area contributed by atoms with E-state index in [2.05, 4.69) is 0 Å². The minimum atomic E-state index is -0.536. The monoisotopic (exact) mass is 253 g/mol. The molecule has 2 atom stereocenters. The van der Waals surface area contributed by atoms with Crippen LogP contribution in [0.4, 0.5) is 0 Å². The third kappa shape index (κ3) is 4.74. The minimum absolute atomic E-state index is 0.310. The molecule has 0 spiro atoms. The smallest absolute Gasteiger partial charge is 0.0919 e. The van der Waals surface area contributed by atoms with Crippen molar-refractivity contribution in [3.63, 3.8) is 0 Å². The Morgan fingerprint density at radius 2 is 1.89 bits per heavy atom. The average Bonchev–Trinajstić information content (AvgIpc) is 2.29. The van der Waals surface area contributed by atoms with E-state index in [-0.39, 0.29) is 0 Å². The third-order valence-corrected chi connectivity index (χ3v) is 2.91. The van der Waals surface area contributed by atoms with Gasteiger partial charge in [0.1, 0.15) is 0 Å². The largest absolute Gasteiger partial charge is 0.389 e. The van der Waals surface area contributed by atoms with Gasteiger partial charge in [-0.3, -0.25) is 0 Å². The average molecular weight is 253 g/mol. The number of likely N-dealkylation sites (N-methyl/N-ethyl adjacent to an activating group) is 1. The Labute approximate surface area is 109 Å². The van der Waals surface area contributed by atoms with Crippen molar-refractivity contribution in [3.05, 3.63) is 35.4 Å². The zero-order valence-corrected chi connectivity index (χ0v) is 11.3. The normalized spacial score (nSPS) is 14.8. The second kappa shape index (κ2) is 7.48. The van der Waals surface area contributed by atoms with Gasteiger partial charge in [-0.15, -0.1) is 0 Å². The molecule has 0 saturated carbocycles. The fourth-order valence-electron chi connectivity index (χ4n) is 2.03. The van der Waals surface area contributed by atoms with Crippen molar-refractivity contribution in [2.24, 2.45) is 0 Å². The topological polar surface area (TPSA) is 52.9 Å². The fourth-order valence-corrected chi connectivity index (χ4v) is 2.03. The van der Waals surface area contributed by atoms with Crippen LogP contribution in [0.5, 0.6) is 0 Å². The maximum Gasteiger partial charge on any atom is 0.0919 e. The number of benzene rings is 1. The molecule has 1 rings (SSSR count). The van der Waals surface area contributed by atoms with Gasteiger partial charge in [0.2, 0.25) is 0 Å². The molecule has 1 aromatic rings. The lowest BCUT2D eigenvalue weighted by molar-refractivity contribution is 0.0317. The van der Waals surface area contributed by atoms with Crippen LogP contribution >= 0.6 is 0 Å². The first-order chi connectivity index (χ1) is 8.54. The van der Waals surface area contributed by atoms with Crippen molar-refractivity contribution in [3.8, 4) is 0 Å². The van der Waals surface area contributed by atoms with Crippen LogP contribution in [-0.2, 0) is 4.74 Å². The van der Waals surface area contributed by atoms with Crippen LogP contribution in [0, 0.1) is 6.92 Å². The lowest BCUT2D eigenvalue weighted by Crippen LogP contribution is -2.34. The Morgan fingerprint density at radius 3 is 2.50 bits per heavy atom. The van der Waals surface area contributed by atoms with Crippen LogP contribution in [-0.4, -0.2) is 55.1 Å². The van der Waals surface area contributed by atoms with Crippen LogP contribution < -0.4 is 0 Å². The molecule has 102 valence electrons. The first-order valence-corrected chi connectivity index (χ1v) is 6.13. The Kier molecular flexibility index (Phi) is 6.29. The summed E-state index contributed by atoms with van der Waals surface area (Å²) in [6, 6.07) is 7.79. The van der Waals surface area contributed by atoms with Gasteiger partial charge in [0, 0.05) is 20.2 Å². The minimum Gasteiger partial charge on any atom is -0.389 e. The number of aliphatic hydroxyl groups is 2. The van der Waals surface area contributed by atoms with E-state index < -0.39 is 12.2 Å². The van der Waals surface area contributed by atoms with Crippen LogP contribution in [0.15, 0.2) is 24.3 Å². The number of aryl methyl sites for hydroxylation is 1. The van der Waals surface area contributed by atoms with Gasteiger partial charge in [-0.25, -0.2) is 0 Å². The molecule has 0 aromatic heterocycles. The lowest BCUT2D eigenvalue weighted by atomic mass is 10.0. The number of aliphatic hydroxyl groups excluding tert-OH is 2. The standard InChI is InChI=1S/C14H23NO3/c1-11-6-4-5-7-13(11)14(17)9-15(2)8-12(16)10-18-3/h4-7,12,14,16-17H,8-10H2,1-3H3. The second-order valence-electron chi connectivity index (χ2n) is 4.70. The maximum absolute atomic E-state index is 10.2. The molecule has 0 bridgehead atoms. The third-order valence-electron chi connectivity index (χ3n) is 2.91. The highest BCUT2D eigenvalue weighted by Gasteiger charge is 2.14. The first kappa shape index (κ1) is 15.1. The summed E-state index contributed by atoms with van der Waals surface area (Å²) in [6.45, 7) is 3.27. The van der Waals surface area contributed by atoms with E-state index in [1.54, 1.807) is 7.11 Å². The Morgan fingerprint density at radius 1 is 1.22 bits per heavy atom. The van der Waals surface area contributed by atoms with Crippen molar-refractivity contribution in [2.45, 2.75) is 19.1 Å². The molecule has 0 aliphatic carbocycles. The van der Waals surface area contributed by atoms with Gasteiger partial charge < -0.3 is 19.8 Å². The molecule has 1 aromatic carbocycles. The number of ether oxygens (including phenoxy) is 1. The molecular weight excluding hydrogens is 230 g/mol. The molecule has 0 aliphatic heterocycles. The molecule has 2 N–H and O–H groups in total. The van der Waals surface area contributed by atoms with Crippen molar-refractivity contribution in [1.82, 2.24) is 4.90 Å². The van der Waals surface area contributed by atoms with E-state index in [4.69, 9.17) is 4.74 Å². The molecule has 4 nitrogen and oxygen atoms in total. The molecule has 0 saturated heterocycles. The Hall–Kier alpha value is -0.940. The van der Waals surface area contributed by atoms with Crippen molar-refractivity contribution >= 4 is 0 Å². The lowest BCUT2D eigenvalue weighted by Gasteiger charge is -2.23. The van der Waals surface area contributed by atoms with Gasteiger partial charge in [0.05, 0.1) is 18.8 Å². The number of hydrogen-bond acceptors (Lipinski definition) is 4. The van der Waals surface area contributed by atoms with E-state index in [0.717, 1.165) is 11.1 Å². The molecule has 18 heavy (non-hydrogen) atoms. The molecule has 0 fully saturated rings. The summed E-state index contributed by atoms with van der Waals surface area (Å²) in [5, 5.41) is 19.8. The second-order valence-corrected chi connectivity index (χ2v) is 4.70. The molecule has 4 heteroatoms. The molecule has 0 radical (unpaired) electrons. The van der Waals surface area contributed by atoms with Gasteiger partial charge in [-0.05, 0) is 25.1 Å². The summed E-state index contributed by atoms with van der Waals surface area (Å²) in [5.41, 5.74) is 2.02. The summed E-state index contributed by atoms with van der Waals surface area (Å²) in [7, 11) is 3.44. The van der Waals surface area contributed by atoms with Crippen LogP contribution in [0.3, 0.4) is 0 Å². The van der Waals surface area contributed by atoms with Gasteiger partial charge in [-0.1, -0.05) is 24.3 Å². The van der Waals surface area contributed by atoms with Gasteiger partial charge in [0.15, 0.2) is 0 Å². The van der Waals surface area contributed by atoms with Crippen molar-refractivity contribution in [2.75, 3.05) is 33.9 Å². The summed E-state index contributed by atoms with van der Waals surface area (Å²) in [5.74, 6) is 0. The summed E-state index contributed by atoms with van der Waals surface area (Å²) < 4.78 is 4.87. The summed E-state index contributed by atoms with van der Waals surface area (Å²) >= 11 is 0. The molecular formula is C14H23NO3. The van der Waals surface area contributed by atoms with Crippen LogP contribution in [0.2, 0.25) is 0 Å². The first-order valence-electron chi connectivity index (χ1n) is 6.13. The highest BCUT2D eigenvalue weighted by molar-refractivity contribution is 5.27. The maximum atomic E-state index is 10.2. The SMILES string of the molecule is COCC(O)CN(C)CC(O)c1ccccc1C. The van der Waals surface area contributed by atoms with Gasteiger partial charge in [-0.2, -0.15) is 0 Å². The predicted molar refractivity (Wildman–Crippen MR) is 71.5 cm³/mol. The summed E-state index contributed by atoms with van der Waals surface area (Å²) in [6.07, 6.45) is -1.06. The Balaban J connectivity index is 2.49. The zero-order valence-electron chi connectivity index (χ0n) is 11.3. The van der Waals surface area contributed by atoms with Crippen molar-refractivity contribution < 1.29 is 14.9 Å². The number of nitrogens with zero attached hydrogens (tertiary/aromatic N) is 1. The quantitative estimate of drug-likeness (QED) is 0.760. The number of rotatable bonds is 7. The molecule has 0 aliphatic rings. The zero-order chi connectivity index (χ0) is 13.5. The van der Waals surface area contributed by atoms with E-state index in [1.807, 2.05) is 43.1 Å². The van der Waals surface area contributed by atoms with Crippen LogP contribution in [0.1, 0.15) is 17.2 Å². The van der Waals surface area contributed by atoms with E-state index in [9.17, 15) is 10.2 Å². The van der Waals surface area contributed by atoms with E-state index >= 15 is 0 Å². The fraction of sp³-hybridized carbons (Fsp3) is 0.571. The van der Waals surface area contributed by atoms with Crippen LogP contribution in [0.25, 0.3) is 0 Å². The highest BCUT2D eigenvalue weighted by Crippen LogP contribution is 2.17. The number of methoxy groups -OCH3 is 1. The predicted octanol–water partition coefficient (Wildman–Crippen LogP) is 0.968. The Bertz CT molecular complexity index is 357. The van der Waals surface area contributed by atoms with E-state index in [1.165, 1.54) is 0 Å². The molecule has 0 heterocycles. The highest BCUT2D eigenvalue weighted by atomic mass is 16.5. The summed E-state index contributed by atoms with van der Waals surface area (Å²) in [4.78, 5) is 1.90. The molecule has 0 amide bonds. The van der Waals surface area contributed by atoms with Crippen molar-refractivity contribution in [1.29, 1.82) is 0 Å². The number of hydrogen-bond donors (Lipinski definition) is 2. The van der Waals surface area contributed by atoms with Gasteiger partial charge in [0.25, 0.3) is 0 Å². The van der Waals surface area contributed by atoms with E-state index in [0.29, 0.717) is 19.7 Å². The molecule has 2 unspecified atom stereocenters. The van der Waals surface area contributed by atoms with Gasteiger partial charge >= 0.3 is 0 Å².